The van der Waals surface area contributed by atoms with Crippen LogP contribution in [-0.4, -0.2) is 21.8 Å². The van der Waals surface area contributed by atoms with E-state index in [1.54, 1.807) is 48.8 Å². The molecule has 0 atom stereocenters. The van der Waals surface area contributed by atoms with Crippen molar-refractivity contribution in [3.05, 3.63) is 77.7 Å². The second-order valence-electron chi connectivity index (χ2n) is 5.78. The van der Waals surface area contributed by atoms with Crippen LogP contribution >= 0.6 is 11.6 Å². The third kappa shape index (κ3) is 4.68. The number of carbonyl (C=O) groups excluding carboxylic acids is 2. The second kappa shape index (κ2) is 8.42. The van der Waals surface area contributed by atoms with E-state index < -0.39 is 0 Å². The number of rotatable bonds is 5. The van der Waals surface area contributed by atoms with E-state index >= 15 is 0 Å². The first kappa shape index (κ1) is 18.5. The Morgan fingerprint density at radius 1 is 1.11 bits per heavy atom. The number of aromatic nitrogens is 2. The molecular weight excluding hydrogens is 364 g/mol. The van der Waals surface area contributed by atoms with Gasteiger partial charge in [0.2, 0.25) is 11.8 Å². The molecule has 7 heteroatoms. The van der Waals surface area contributed by atoms with E-state index in [9.17, 15) is 9.59 Å². The fraction of sp³-hybridized carbons (Fsp3) is 0.100. The number of amides is 2. The highest BCUT2D eigenvalue weighted by Gasteiger charge is 2.16. The molecule has 0 aliphatic carbocycles. The summed E-state index contributed by atoms with van der Waals surface area (Å²) < 4.78 is 0. The fourth-order valence-corrected chi connectivity index (χ4v) is 2.80. The number of nitrogens with one attached hydrogen (secondary N) is 1. The Bertz CT molecular complexity index is 963. The first-order chi connectivity index (χ1) is 13.0. The summed E-state index contributed by atoms with van der Waals surface area (Å²) in [6.45, 7) is 1.44. The molecule has 3 rings (SSSR count). The van der Waals surface area contributed by atoms with E-state index in [1.807, 2.05) is 12.1 Å². The summed E-state index contributed by atoms with van der Waals surface area (Å²) in [6.07, 6.45) is 4.88. The van der Waals surface area contributed by atoms with E-state index in [0.717, 1.165) is 5.56 Å². The zero-order valence-corrected chi connectivity index (χ0v) is 15.3. The second-order valence-corrected chi connectivity index (χ2v) is 6.19. The molecule has 0 saturated heterocycles. The van der Waals surface area contributed by atoms with Crippen molar-refractivity contribution in [2.75, 3.05) is 10.2 Å². The minimum absolute atomic E-state index is 0.149. The summed E-state index contributed by atoms with van der Waals surface area (Å²) in [6, 6.07) is 14.0. The largest absolute Gasteiger partial charge is 0.326 e. The molecule has 2 aromatic heterocycles. The van der Waals surface area contributed by atoms with Crippen LogP contribution in [0.4, 0.5) is 17.2 Å². The number of hydrogen-bond acceptors (Lipinski definition) is 4. The number of benzene rings is 1. The summed E-state index contributed by atoms with van der Waals surface area (Å²) >= 11 is 6.10. The SMILES string of the molecule is CC(=O)N(c1cccnc1)c1cc(NC(=O)Cc2ccccc2Cl)ccn1. The van der Waals surface area contributed by atoms with Crippen LogP contribution < -0.4 is 10.2 Å². The Labute approximate surface area is 161 Å². The Morgan fingerprint density at radius 2 is 1.93 bits per heavy atom. The highest BCUT2D eigenvalue weighted by atomic mass is 35.5. The molecule has 0 aliphatic rings. The van der Waals surface area contributed by atoms with Gasteiger partial charge in [-0.2, -0.15) is 0 Å². The molecule has 27 heavy (non-hydrogen) atoms. The molecule has 2 heterocycles. The molecule has 3 aromatic rings. The van der Waals surface area contributed by atoms with Crippen LogP contribution in [0, 0.1) is 0 Å². The quantitative estimate of drug-likeness (QED) is 0.726. The van der Waals surface area contributed by atoms with E-state index in [-0.39, 0.29) is 18.2 Å². The summed E-state index contributed by atoms with van der Waals surface area (Å²) in [5.41, 5.74) is 1.87. The van der Waals surface area contributed by atoms with Gasteiger partial charge in [-0.05, 0) is 29.8 Å². The number of halogens is 1. The van der Waals surface area contributed by atoms with Gasteiger partial charge in [-0.3, -0.25) is 19.5 Å². The summed E-state index contributed by atoms with van der Waals surface area (Å²) in [7, 11) is 0. The van der Waals surface area contributed by atoms with Crippen molar-refractivity contribution in [1.82, 2.24) is 9.97 Å². The van der Waals surface area contributed by atoms with Crippen molar-refractivity contribution in [3.63, 3.8) is 0 Å². The lowest BCUT2D eigenvalue weighted by Gasteiger charge is -2.20. The summed E-state index contributed by atoms with van der Waals surface area (Å²) in [5.74, 6) is -0.0305. The van der Waals surface area contributed by atoms with Crippen molar-refractivity contribution in [2.45, 2.75) is 13.3 Å². The maximum Gasteiger partial charge on any atom is 0.229 e. The van der Waals surface area contributed by atoms with Crippen molar-refractivity contribution < 1.29 is 9.59 Å². The fourth-order valence-electron chi connectivity index (χ4n) is 2.60. The van der Waals surface area contributed by atoms with Crippen LogP contribution in [0.3, 0.4) is 0 Å². The monoisotopic (exact) mass is 380 g/mol. The Kier molecular flexibility index (Phi) is 5.78. The number of hydrogen-bond donors (Lipinski definition) is 1. The zero-order valence-electron chi connectivity index (χ0n) is 14.6. The van der Waals surface area contributed by atoms with Gasteiger partial charge in [-0.25, -0.2) is 4.98 Å². The first-order valence-corrected chi connectivity index (χ1v) is 8.62. The standard InChI is InChI=1S/C20H17ClN4O2/c1-14(26)25(17-6-4-9-22-13-17)19-12-16(8-10-23-19)24-20(27)11-15-5-2-3-7-18(15)21/h2-10,12-13H,11H2,1H3,(H,23,24,27). The average Bonchev–Trinajstić information content (AvgIpc) is 2.65. The third-order valence-electron chi connectivity index (χ3n) is 3.79. The Hall–Kier alpha value is -3.25. The summed E-state index contributed by atoms with van der Waals surface area (Å²) in [4.78, 5) is 34.2. The van der Waals surface area contributed by atoms with E-state index in [0.29, 0.717) is 22.2 Å². The highest BCUT2D eigenvalue weighted by Crippen LogP contribution is 2.25. The number of pyridine rings is 2. The van der Waals surface area contributed by atoms with Gasteiger partial charge >= 0.3 is 0 Å². The van der Waals surface area contributed by atoms with Crippen LogP contribution in [-0.2, 0) is 16.0 Å². The number of anilines is 3. The lowest BCUT2D eigenvalue weighted by atomic mass is 10.1. The highest BCUT2D eigenvalue weighted by molar-refractivity contribution is 6.31. The molecule has 0 radical (unpaired) electrons. The van der Waals surface area contributed by atoms with Gasteiger partial charge in [0, 0.05) is 36.1 Å². The zero-order chi connectivity index (χ0) is 19.2. The van der Waals surface area contributed by atoms with E-state index in [1.165, 1.54) is 18.0 Å². The normalized spacial score (nSPS) is 10.3. The van der Waals surface area contributed by atoms with Gasteiger partial charge in [-0.15, -0.1) is 0 Å². The molecule has 136 valence electrons. The smallest absolute Gasteiger partial charge is 0.229 e. The van der Waals surface area contributed by atoms with Crippen molar-refractivity contribution in [1.29, 1.82) is 0 Å². The molecule has 6 nitrogen and oxygen atoms in total. The lowest BCUT2D eigenvalue weighted by molar-refractivity contribution is -0.116. The molecule has 0 bridgehead atoms. The molecule has 1 aromatic carbocycles. The van der Waals surface area contributed by atoms with Crippen LogP contribution in [0.15, 0.2) is 67.1 Å². The molecule has 2 amide bonds. The molecule has 0 aliphatic heterocycles. The Morgan fingerprint density at radius 3 is 2.63 bits per heavy atom. The van der Waals surface area contributed by atoms with Gasteiger partial charge < -0.3 is 5.32 Å². The predicted octanol–water partition coefficient (Wildman–Crippen LogP) is 4.00. The van der Waals surface area contributed by atoms with Crippen molar-refractivity contribution in [3.8, 4) is 0 Å². The molecule has 0 saturated carbocycles. The van der Waals surface area contributed by atoms with Gasteiger partial charge in [-0.1, -0.05) is 29.8 Å². The lowest BCUT2D eigenvalue weighted by Crippen LogP contribution is -2.24. The molecule has 1 N–H and O–H groups in total. The Balaban J connectivity index is 1.79. The first-order valence-electron chi connectivity index (χ1n) is 8.24. The molecule has 0 spiro atoms. The van der Waals surface area contributed by atoms with Gasteiger partial charge in [0.1, 0.15) is 5.82 Å². The van der Waals surface area contributed by atoms with Gasteiger partial charge in [0.15, 0.2) is 0 Å². The maximum atomic E-state index is 12.3. The van der Waals surface area contributed by atoms with Crippen LogP contribution in [0.2, 0.25) is 5.02 Å². The van der Waals surface area contributed by atoms with Gasteiger partial charge in [0.25, 0.3) is 0 Å². The van der Waals surface area contributed by atoms with Crippen LogP contribution in [0.25, 0.3) is 0 Å². The van der Waals surface area contributed by atoms with Gasteiger partial charge in [0.05, 0.1) is 18.3 Å². The molecule has 0 unspecified atom stereocenters. The summed E-state index contributed by atoms with van der Waals surface area (Å²) in [5, 5.41) is 3.36. The minimum atomic E-state index is -0.213. The van der Waals surface area contributed by atoms with Crippen LogP contribution in [0.1, 0.15) is 12.5 Å². The third-order valence-corrected chi connectivity index (χ3v) is 4.15. The molecular formula is C20H17ClN4O2. The number of nitrogens with zero attached hydrogens (tertiary/aromatic N) is 3. The minimum Gasteiger partial charge on any atom is -0.326 e. The predicted molar refractivity (Wildman–Crippen MR) is 105 cm³/mol. The van der Waals surface area contributed by atoms with E-state index in [2.05, 4.69) is 15.3 Å². The van der Waals surface area contributed by atoms with Crippen molar-refractivity contribution in [2.24, 2.45) is 0 Å². The topological polar surface area (TPSA) is 75.2 Å². The molecule has 0 fully saturated rings. The number of carbonyl (C=O) groups is 2. The van der Waals surface area contributed by atoms with E-state index in [4.69, 9.17) is 11.6 Å². The average molecular weight is 381 g/mol. The van der Waals surface area contributed by atoms with Crippen molar-refractivity contribution >= 4 is 40.6 Å². The van der Waals surface area contributed by atoms with Crippen LogP contribution in [0.5, 0.6) is 0 Å². The maximum absolute atomic E-state index is 12.3.